The molecule has 0 fully saturated rings. The molecule has 3 rings (SSSR count). The molecule has 2 N–H and O–H groups in total. The van der Waals surface area contributed by atoms with Crippen molar-refractivity contribution in [3.8, 4) is 5.75 Å². The third kappa shape index (κ3) is 2.30. The molecule has 0 amide bonds. The third-order valence-electron chi connectivity index (χ3n) is 2.61. The van der Waals surface area contributed by atoms with Crippen molar-refractivity contribution in [2.24, 2.45) is 0 Å². The van der Waals surface area contributed by atoms with E-state index in [-0.39, 0.29) is 5.28 Å². The molecule has 2 heterocycles. The number of hydrogen-bond donors (Lipinski definition) is 2. The Hall–Kier alpha value is -2.34. The number of anilines is 2. The van der Waals surface area contributed by atoms with Gasteiger partial charge in [-0.15, -0.1) is 0 Å². The van der Waals surface area contributed by atoms with Gasteiger partial charge in [0.1, 0.15) is 11.6 Å². The first-order valence-electron chi connectivity index (χ1n) is 5.54. The molecular weight excluding hydrogens is 266 g/mol. The van der Waals surface area contributed by atoms with E-state index in [1.54, 1.807) is 13.3 Å². The topological polar surface area (TPSA) is 75.7 Å². The predicted octanol–water partition coefficient (Wildman–Crippen LogP) is 2.76. The molecule has 0 atom stereocenters. The number of halogens is 1. The van der Waals surface area contributed by atoms with Crippen molar-refractivity contribution in [1.29, 1.82) is 0 Å². The maximum atomic E-state index is 5.87. The van der Waals surface area contributed by atoms with Crippen LogP contribution >= 0.6 is 11.6 Å². The number of aromatic amines is 1. The number of nitrogens with zero attached hydrogens (tertiary/aromatic N) is 3. The first-order chi connectivity index (χ1) is 9.26. The maximum Gasteiger partial charge on any atom is 0.226 e. The smallest absolute Gasteiger partial charge is 0.226 e. The van der Waals surface area contributed by atoms with Crippen LogP contribution in [-0.4, -0.2) is 27.3 Å². The fourth-order valence-corrected chi connectivity index (χ4v) is 1.91. The van der Waals surface area contributed by atoms with Gasteiger partial charge in [-0.2, -0.15) is 15.1 Å². The zero-order chi connectivity index (χ0) is 13.2. The zero-order valence-electron chi connectivity index (χ0n) is 10.0. The molecule has 96 valence electrons. The summed E-state index contributed by atoms with van der Waals surface area (Å²) >= 11 is 5.87. The Kier molecular flexibility index (Phi) is 2.92. The van der Waals surface area contributed by atoms with Gasteiger partial charge in [0, 0.05) is 11.8 Å². The summed E-state index contributed by atoms with van der Waals surface area (Å²) in [6.07, 6.45) is 1.65. The predicted molar refractivity (Wildman–Crippen MR) is 73.0 cm³/mol. The second kappa shape index (κ2) is 4.74. The van der Waals surface area contributed by atoms with E-state index >= 15 is 0 Å². The van der Waals surface area contributed by atoms with Gasteiger partial charge in [0.15, 0.2) is 5.65 Å². The second-order valence-electron chi connectivity index (χ2n) is 3.83. The lowest BCUT2D eigenvalue weighted by Gasteiger charge is -2.08. The normalized spacial score (nSPS) is 10.6. The number of rotatable bonds is 3. The Morgan fingerprint density at radius 1 is 1.32 bits per heavy atom. The van der Waals surface area contributed by atoms with Crippen molar-refractivity contribution < 1.29 is 4.74 Å². The number of aromatic nitrogens is 4. The van der Waals surface area contributed by atoms with Crippen LogP contribution in [0.2, 0.25) is 5.28 Å². The Labute approximate surface area is 113 Å². The van der Waals surface area contributed by atoms with E-state index in [1.807, 2.05) is 24.3 Å². The molecule has 0 saturated heterocycles. The number of benzene rings is 1. The number of ether oxygens (including phenoxy) is 1. The van der Waals surface area contributed by atoms with Crippen molar-refractivity contribution in [3.63, 3.8) is 0 Å². The van der Waals surface area contributed by atoms with Gasteiger partial charge in [0.2, 0.25) is 5.28 Å². The number of H-pyrrole nitrogens is 1. The fourth-order valence-electron chi connectivity index (χ4n) is 1.74. The quantitative estimate of drug-likeness (QED) is 0.719. The van der Waals surface area contributed by atoms with E-state index in [2.05, 4.69) is 25.5 Å². The van der Waals surface area contributed by atoms with Gasteiger partial charge in [-0.1, -0.05) is 6.07 Å². The lowest BCUT2D eigenvalue weighted by molar-refractivity contribution is 0.415. The summed E-state index contributed by atoms with van der Waals surface area (Å²) in [5.74, 6) is 1.35. The number of methoxy groups -OCH3 is 1. The highest BCUT2D eigenvalue weighted by atomic mass is 35.5. The second-order valence-corrected chi connectivity index (χ2v) is 4.17. The van der Waals surface area contributed by atoms with Crippen LogP contribution < -0.4 is 10.1 Å². The van der Waals surface area contributed by atoms with Gasteiger partial charge in [0.05, 0.1) is 18.7 Å². The molecule has 0 unspecified atom stereocenters. The minimum absolute atomic E-state index is 0.155. The molecule has 0 spiro atoms. The van der Waals surface area contributed by atoms with Crippen molar-refractivity contribution in [2.75, 3.05) is 12.4 Å². The molecule has 19 heavy (non-hydrogen) atoms. The minimum atomic E-state index is 0.155. The van der Waals surface area contributed by atoms with E-state index in [0.717, 1.165) is 16.8 Å². The Morgan fingerprint density at radius 3 is 3.05 bits per heavy atom. The van der Waals surface area contributed by atoms with Crippen molar-refractivity contribution in [3.05, 3.63) is 35.7 Å². The Balaban J connectivity index is 2.02. The molecule has 0 aliphatic carbocycles. The van der Waals surface area contributed by atoms with Gasteiger partial charge in [0.25, 0.3) is 0 Å². The molecule has 3 aromatic rings. The van der Waals surface area contributed by atoms with Crippen LogP contribution in [0.4, 0.5) is 11.5 Å². The molecule has 6 nitrogen and oxygen atoms in total. The first-order valence-corrected chi connectivity index (χ1v) is 5.92. The largest absolute Gasteiger partial charge is 0.497 e. The van der Waals surface area contributed by atoms with Gasteiger partial charge in [-0.3, -0.25) is 5.10 Å². The minimum Gasteiger partial charge on any atom is -0.497 e. The van der Waals surface area contributed by atoms with Crippen molar-refractivity contribution in [1.82, 2.24) is 20.2 Å². The monoisotopic (exact) mass is 275 g/mol. The number of nitrogens with one attached hydrogen (secondary N) is 2. The van der Waals surface area contributed by atoms with E-state index < -0.39 is 0 Å². The summed E-state index contributed by atoms with van der Waals surface area (Å²) < 4.78 is 5.17. The van der Waals surface area contributed by atoms with Crippen LogP contribution in [0.1, 0.15) is 0 Å². The maximum absolute atomic E-state index is 5.87. The van der Waals surface area contributed by atoms with Crippen LogP contribution in [0, 0.1) is 0 Å². The molecule has 0 aliphatic rings. The highest BCUT2D eigenvalue weighted by Crippen LogP contribution is 2.25. The molecule has 0 aliphatic heterocycles. The summed E-state index contributed by atoms with van der Waals surface area (Å²) in [6, 6.07) is 7.52. The van der Waals surface area contributed by atoms with Crippen LogP contribution in [0.25, 0.3) is 11.0 Å². The lowest BCUT2D eigenvalue weighted by Crippen LogP contribution is -1.96. The molecule has 0 radical (unpaired) electrons. The van der Waals surface area contributed by atoms with Gasteiger partial charge < -0.3 is 10.1 Å². The van der Waals surface area contributed by atoms with Crippen LogP contribution in [0.5, 0.6) is 5.75 Å². The van der Waals surface area contributed by atoms with Crippen LogP contribution in [0.3, 0.4) is 0 Å². The van der Waals surface area contributed by atoms with Crippen LogP contribution in [0.15, 0.2) is 30.5 Å². The summed E-state index contributed by atoms with van der Waals surface area (Å²) in [5.41, 5.74) is 1.43. The molecule has 0 saturated carbocycles. The zero-order valence-corrected chi connectivity index (χ0v) is 10.8. The molecule has 0 bridgehead atoms. The first kappa shape index (κ1) is 11.7. The van der Waals surface area contributed by atoms with E-state index in [4.69, 9.17) is 16.3 Å². The van der Waals surface area contributed by atoms with E-state index in [9.17, 15) is 0 Å². The average molecular weight is 276 g/mol. The third-order valence-corrected chi connectivity index (χ3v) is 2.78. The van der Waals surface area contributed by atoms with Gasteiger partial charge in [-0.25, -0.2) is 0 Å². The highest BCUT2D eigenvalue weighted by Gasteiger charge is 2.08. The summed E-state index contributed by atoms with van der Waals surface area (Å²) in [4.78, 5) is 8.21. The lowest BCUT2D eigenvalue weighted by atomic mass is 10.3. The van der Waals surface area contributed by atoms with Gasteiger partial charge in [-0.05, 0) is 23.7 Å². The van der Waals surface area contributed by atoms with E-state index in [0.29, 0.717) is 11.5 Å². The summed E-state index contributed by atoms with van der Waals surface area (Å²) in [5, 5.41) is 10.8. The summed E-state index contributed by atoms with van der Waals surface area (Å²) in [7, 11) is 1.62. The van der Waals surface area contributed by atoms with E-state index in [1.165, 1.54) is 0 Å². The van der Waals surface area contributed by atoms with Crippen LogP contribution in [-0.2, 0) is 0 Å². The Bertz CT molecular complexity index is 727. The highest BCUT2D eigenvalue weighted by molar-refractivity contribution is 6.28. The molecule has 7 heteroatoms. The van der Waals surface area contributed by atoms with Gasteiger partial charge >= 0.3 is 0 Å². The standard InChI is InChI=1S/C12H10ClN5O/c1-19-8-4-2-3-7(5-8)15-10-9-6-14-18-11(9)17-12(13)16-10/h2-6H,1H3,(H2,14,15,16,17,18). The number of hydrogen-bond acceptors (Lipinski definition) is 5. The molecule has 2 aromatic heterocycles. The SMILES string of the molecule is COc1cccc(Nc2nc(Cl)nc3[nH]ncc23)c1. The molecular formula is C12H10ClN5O. The molecule has 1 aromatic carbocycles. The fraction of sp³-hybridized carbons (Fsp3) is 0.0833. The number of fused-ring (bicyclic) bond motifs is 1. The van der Waals surface area contributed by atoms with Crippen molar-refractivity contribution >= 4 is 34.1 Å². The Morgan fingerprint density at radius 2 is 2.21 bits per heavy atom. The summed E-state index contributed by atoms with van der Waals surface area (Å²) in [6.45, 7) is 0. The van der Waals surface area contributed by atoms with Crippen molar-refractivity contribution in [2.45, 2.75) is 0 Å². The average Bonchev–Trinajstić information content (AvgIpc) is 2.87.